The Bertz CT molecular complexity index is 922. The zero-order valence-electron chi connectivity index (χ0n) is 20.2. The second kappa shape index (κ2) is 12.3. The molecule has 0 saturated carbocycles. The van der Waals surface area contributed by atoms with Crippen LogP contribution in [-0.4, -0.2) is 69.6 Å². The van der Waals surface area contributed by atoms with Gasteiger partial charge >= 0.3 is 18.0 Å². The Morgan fingerprint density at radius 2 is 1.77 bits per heavy atom. The van der Waals surface area contributed by atoms with Crippen molar-refractivity contribution >= 4 is 29.8 Å². The maximum Gasteiger partial charge on any atom is 0.408 e. The Morgan fingerprint density at radius 3 is 2.29 bits per heavy atom. The van der Waals surface area contributed by atoms with Crippen LogP contribution in [0.1, 0.15) is 52.0 Å². The molecule has 1 aromatic rings. The molecule has 192 valence electrons. The number of hydrogen-bond acceptors (Lipinski definition) is 7. The molecule has 1 saturated heterocycles. The first-order valence-corrected chi connectivity index (χ1v) is 11.4. The van der Waals surface area contributed by atoms with E-state index in [4.69, 9.17) is 4.74 Å². The van der Waals surface area contributed by atoms with Gasteiger partial charge in [0.15, 0.2) is 0 Å². The van der Waals surface area contributed by atoms with E-state index in [-0.39, 0.29) is 6.61 Å². The second-order valence-electron chi connectivity index (χ2n) is 9.51. The van der Waals surface area contributed by atoms with Gasteiger partial charge in [0.2, 0.25) is 5.91 Å². The largest absolute Gasteiger partial charge is 0.481 e. The minimum Gasteiger partial charge on any atom is -0.481 e. The fourth-order valence-electron chi connectivity index (χ4n) is 3.77. The van der Waals surface area contributed by atoms with E-state index >= 15 is 0 Å². The number of ether oxygens (including phenoxy) is 1. The lowest BCUT2D eigenvalue weighted by Crippen LogP contribution is -2.63. The summed E-state index contributed by atoms with van der Waals surface area (Å²) >= 11 is 0. The van der Waals surface area contributed by atoms with Crippen molar-refractivity contribution in [1.29, 1.82) is 0 Å². The molecule has 0 aliphatic carbocycles. The van der Waals surface area contributed by atoms with Gasteiger partial charge in [-0.1, -0.05) is 57.5 Å². The number of nitrogens with one attached hydrogen (secondary N) is 2. The zero-order valence-corrected chi connectivity index (χ0v) is 20.2. The highest BCUT2D eigenvalue weighted by atomic mass is 16.5. The van der Waals surface area contributed by atoms with Crippen LogP contribution in [0.2, 0.25) is 0 Å². The number of aliphatic carboxylic acids is 2. The maximum atomic E-state index is 13.7. The number of piperidine rings is 1. The fraction of sp³-hybridized carbons (Fsp3) is 0.542. The van der Waals surface area contributed by atoms with E-state index in [2.05, 4.69) is 10.6 Å². The van der Waals surface area contributed by atoms with Crippen molar-refractivity contribution in [2.75, 3.05) is 6.54 Å². The summed E-state index contributed by atoms with van der Waals surface area (Å²) in [6, 6.07) is 4.71. The van der Waals surface area contributed by atoms with Gasteiger partial charge in [0, 0.05) is 0 Å². The molecule has 0 radical (unpaired) electrons. The minimum atomic E-state index is -1.94. The molecule has 11 nitrogen and oxygen atoms in total. The Kier molecular flexibility index (Phi) is 9.76. The average Bonchev–Trinajstić information content (AvgIpc) is 2.80. The van der Waals surface area contributed by atoms with Crippen molar-refractivity contribution in [3.8, 4) is 0 Å². The monoisotopic (exact) mass is 491 g/mol. The topological polar surface area (TPSA) is 162 Å². The van der Waals surface area contributed by atoms with Gasteiger partial charge in [0.25, 0.3) is 5.91 Å². The number of rotatable bonds is 9. The molecule has 3 amide bonds. The Labute approximate surface area is 203 Å². The van der Waals surface area contributed by atoms with Crippen LogP contribution in [0, 0.1) is 5.41 Å². The SMILES string of the molecule is CC(C)(C)[C@H](NC(=O)OCc1ccccc1)C(=O)N(C(=O)[C@@H]1CCCCN1)[C@@H](CC(=O)O)C(=O)O. The first-order valence-electron chi connectivity index (χ1n) is 11.4. The second-order valence-corrected chi connectivity index (χ2v) is 9.51. The normalized spacial score (nSPS) is 17.5. The lowest BCUT2D eigenvalue weighted by atomic mass is 9.85. The van der Waals surface area contributed by atoms with Crippen molar-refractivity contribution in [1.82, 2.24) is 15.5 Å². The molecule has 4 N–H and O–H groups in total. The van der Waals surface area contributed by atoms with E-state index in [1.165, 1.54) is 0 Å². The molecular formula is C24H33N3O8. The molecule has 1 aromatic carbocycles. The predicted molar refractivity (Wildman–Crippen MR) is 124 cm³/mol. The molecule has 1 heterocycles. The van der Waals surface area contributed by atoms with Crippen LogP contribution in [0.15, 0.2) is 30.3 Å². The molecule has 0 spiro atoms. The molecule has 1 aliphatic heterocycles. The van der Waals surface area contributed by atoms with Gasteiger partial charge in [-0.2, -0.15) is 0 Å². The smallest absolute Gasteiger partial charge is 0.408 e. The highest BCUT2D eigenvalue weighted by molar-refractivity contribution is 6.05. The van der Waals surface area contributed by atoms with Crippen LogP contribution >= 0.6 is 0 Å². The fourth-order valence-corrected chi connectivity index (χ4v) is 3.77. The molecule has 35 heavy (non-hydrogen) atoms. The third-order valence-electron chi connectivity index (χ3n) is 5.64. The molecular weight excluding hydrogens is 458 g/mol. The standard InChI is InChI=1S/C24H33N3O8/c1-24(2,3)19(26-23(34)35-14-15-9-5-4-6-10-15)21(31)27(17(22(32)33)13-18(28)29)20(30)16-11-7-8-12-25-16/h4-6,9-10,16-17,19,25H,7-8,11-14H2,1-3H3,(H,26,34)(H,28,29)(H,32,33)/t16-,17-,19+/m0/s1. The van der Waals surface area contributed by atoms with Crippen molar-refractivity contribution in [2.45, 2.75) is 71.2 Å². The number of carboxylic acids is 2. The number of nitrogens with zero attached hydrogens (tertiary/aromatic N) is 1. The van der Waals surface area contributed by atoms with Crippen LogP contribution in [-0.2, 0) is 30.5 Å². The van der Waals surface area contributed by atoms with Crippen LogP contribution in [0.3, 0.4) is 0 Å². The molecule has 0 unspecified atom stereocenters. The van der Waals surface area contributed by atoms with Gasteiger partial charge in [-0.15, -0.1) is 0 Å². The van der Waals surface area contributed by atoms with Crippen LogP contribution in [0.5, 0.6) is 0 Å². The molecule has 11 heteroatoms. The Balaban J connectivity index is 2.33. The summed E-state index contributed by atoms with van der Waals surface area (Å²) in [6.07, 6.45) is -0.0388. The molecule has 1 aliphatic rings. The van der Waals surface area contributed by atoms with E-state index in [0.29, 0.717) is 29.8 Å². The van der Waals surface area contributed by atoms with Crippen LogP contribution in [0.25, 0.3) is 0 Å². The highest BCUT2D eigenvalue weighted by Crippen LogP contribution is 2.24. The third-order valence-corrected chi connectivity index (χ3v) is 5.64. The average molecular weight is 492 g/mol. The first kappa shape index (κ1) is 27.8. The zero-order chi connectivity index (χ0) is 26.2. The summed E-state index contributed by atoms with van der Waals surface area (Å²) in [7, 11) is 0. The van der Waals surface area contributed by atoms with E-state index in [9.17, 15) is 34.2 Å². The van der Waals surface area contributed by atoms with Gasteiger partial charge in [-0.05, 0) is 30.4 Å². The summed E-state index contributed by atoms with van der Waals surface area (Å²) in [4.78, 5) is 63.4. The minimum absolute atomic E-state index is 0.0663. The number of alkyl carbamates (subject to hydrolysis) is 1. The number of amides is 3. The predicted octanol–water partition coefficient (Wildman–Crippen LogP) is 1.75. The van der Waals surface area contributed by atoms with E-state index in [0.717, 1.165) is 6.42 Å². The van der Waals surface area contributed by atoms with Gasteiger partial charge < -0.3 is 25.6 Å². The molecule has 0 aromatic heterocycles. The number of imide groups is 1. The highest BCUT2D eigenvalue weighted by Gasteiger charge is 2.45. The van der Waals surface area contributed by atoms with Gasteiger partial charge in [-0.3, -0.25) is 19.3 Å². The number of carbonyl (C=O) groups excluding carboxylic acids is 3. The molecule has 0 bridgehead atoms. The summed E-state index contributed by atoms with van der Waals surface area (Å²) in [5, 5.41) is 24.4. The van der Waals surface area contributed by atoms with Gasteiger partial charge in [-0.25, -0.2) is 9.59 Å². The lowest BCUT2D eigenvalue weighted by Gasteiger charge is -2.37. The Morgan fingerprint density at radius 1 is 1.11 bits per heavy atom. The summed E-state index contributed by atoms with van der Waals surface area (Å²) in [6.45, 7) is 5.32. The van der Waals surface area contributed by atoms with Crippen LogP contribution in [0.4, 0.5) is 4.79 Å². The number of carbonyl (C=O) groups is 5. The van der Waals surface area contributed by atoms with E-state index in [1.807, 2.05) is 0 Å². The molecule has 3 atom stereocenters. The van der Waals surface area contributed by atoms with E-state index < -0.39 is 59.8 Å². The summed E-state index contributed by atoms with van der Waals surface area (Å²) < 4.78 is 5.20. The first-order chi connectivity index (χ1) is 16.4. The summed E-state index contributed by atoms with van der Waals surface area (Å²) in [5.74, 6) is -4.97. The number of hydrogen-bond donors (Lipinski definition) is 4. The maximum absolute atomic E-state index is 13.7. The lowest BCUT2D eigenvalue weighted by molar-refractivity contribution is -0.163. The van der Waals surface area contributed by atoms with Crippen molar-refractivity contribution in [3.63, 3.8) is 0 Å². The van der Waals surface area contributed by atoms with Crippen LogP contribution < -0.4 is 10.6 Å². The third kappa shape index (κ3) is 8.06. The van der Waals surface area contributed by atoms with Crippen molar-refractivity contribution < 1.29 is 38.9 Å². The molecule has 1 fully saturated rings. The van der Waals surface area contributed by atoms with Crippen molar-refractivity contribution in [2.24, 2.45) is 5.41 Å². The molecule has 2 rings (SSSR count). The number of benzene rings is 1. The van der Waals surface area contributed by atoms with Gasteiger partial charge in [0.1, 0.15) is 18.7 Å². The number of carboxylic acid groups (broad SMARTS) is 2. The quantitative estimate of drug-likeness (QED) is 0.403. The Hall–Kier alpha value is -3.47. The van der Waals surface area contributed by atoms with E-state index in [1.54, 1.807) is 51.1 Å². The summed E-state index contributed by atoms with van der Waals surface area (Å²) in [5.41, 5.74) is -0.248. The van der Waals surface area contributed by atoms with Gasteiger partial charge in [0.05, 0.1) is 12.5 Å². The van der Waals surface area contributed by atoms with Crippen molar-refractivity contribution in [3.05, 3.63) is 35.9 Å².